The number of hydrogen-bond donors (Lipinski definition) is 1. The fourth-order valence-electron chi connectivity index (χ4n) is 0.670. The highest BCUT2D eigenvalue weighted by Gasteiger charge is 2.07. The van der Waals surface area contributed by atoms with Gasteiger partial charge in [0, 0.05) is 5.56 Å². The quantitative estimate of drug-likeness (QED) is 0.521. The molecular weight excluding hydrogens is 169 g/mol. The van der Waals surface area contributed by atoms with Crippen LogP contribution in [0.4, 0.5) is 10.1 Å². The summed E-state index contributed by atoms with van der Waals surface area (Å²) in [7, 11) is 0. The zero-order valence-corrected chi connectivity index (χ0v) is 6.23. The maximum absolute atomic E-state index is 12.8. The average molecular weight is 174 g/mol. The van der Waals surface area contributed by atoms with Crippen molar-refractivity contribution < 1.29 is 9.18 Å². The molecular formula is C7H5ClFNO. The van der Waals surface area contributed by atoms with Gasteiger partial charge in [0.1, 0.15) is 0 Å². The summed E-state index contributed by atoms with van der Waals surface area (Å²) in [5.74, 6) is -0.740. The minimum atomic E-state index is -0.740. The van der Waals surface area contributed by atoms with Crippen LogP contribution in [0, 0.1) is 5.82 Å². The molecule has 0 aliphatic heterocycles. The van der Waals surface area contributed by atoms with Crippen LogP contribution in [0.3, 0.4) is 0 Å². The van der Waals surface area contributed by atoms with Crippen molar-refractivity contribution in [1.82, 2.24) is 0 Å². The first-order valence-corrected chi connectivity index (χ1v) is 3.23. The zero-order chi connectivity index (χ0) is 8.43. The van der Waals surface area contributed by atoms with Crippen molar-refractivity contribution in [2.24, 2.45) is 0 Å². The van der Waals surface area contributed by atoms with Crippen LogP contribution in [0.1, 0.15) is 10.4 Å². The van der Waals surface area contributed by atoms with Gasteiger partial charge < -0.3 is 5.73 Å². The summed E-state index contributed by atoms with van der Waals surface area (Å²) < 4.78 is 12.8. The third-order valence-electron chi connectivity index (χ3n) is 1.27. The van der Waals surface area contributed by atoms with E-state index in [1.165, 1.54) is 12.1 Å². The molecule has 0 aliphatic carbocycles. The Morgan fingerprint density at radius 3 is 2.73 bits per heavy atom. The third kappa shape index (κ3) is 1.33. The summed E-state index contributed by atoms with van der Waals surface area (Å²) in [6.07, 6.45) is 0.477. The zero-order valence-electron chi connectivity index (χ0n) is 5.47. The van der Waals surface area contributed by atoms with Gasteiger partial charge in [-0.25, -0.2) is 4.39 Å². The second-order valence-electron chi connectivity index (χ2n) is 1.99. The van der Waals surface area contributed by atoms with Gasteiger partial charge in [-0.2, -0.15) is 0 Å². The highest BCUT2D eigenvalue weighted by Crippen LogP contribution is 2.22. The highest BCUT2D eigenvalue weighted by molar-refractivity contribution is 6.33. The maximum Gasteiger partial charge on any atom is 0.165 e. The lowest BCUT2D eigenvalue weighted by Crippen LogP contribution is -1.93. The van der Waals surface area contributed by atoms with Crippen LogP contribution in [0.15, 0.2) is 12.1 Å². The van der Waals surface area contributed by atoms with Crippen molar-refractivity contribution in [3.05, 3.63) is 28.5 Å². The Bertz CT molecular complexity index is 301. The summed E-state index contributed by atoms with van der Waals surface area (Å²) in [5.41, 5.74) is 5.22. The molecule has 0 spiro atoms. The summed E-state index contributed by atoms with van der Waals surface area (Å²) in [5, 5.41) is -0.222. The number of nitrogen functional groups attached to an aromatic ring is 1. The van der Waals surface area contributed by atoms with E-state index in [0.717, 1.165) is 0 Å². The van der Waals surface area contributed by atoms with E-state index < -0.39 is 5.82 Å². The predicted octanol–water partition coefficient (Wildman–Crippen LogP) is 1.87. The molecule has 0 atom stereocenters. The molecule has 2 N–H and O–H groups in total. The molecule has 11 heavy (non-hydrogen) atoms. The number of carbonyl (C=O) groups excluding carboxylic acids is 1. The topological polar surface area (TPSA) is 43.1 Å². The van der Waals surface area contributed by atoms with Gasteiger partial charge >= 0.3 is 0 Å². The lowest BCUT2D eigenvalue weighted by molar-refractivity contribution is 0.112. The molecule has 1 aromatic carbocycles. The fourth-order valence-corrected chi connectivity index (χ4v) is 0.887. The molecule has 2 nitrogen and oxygen atoms in total. The smallest absolute Gasteiger partial charge is 0.165 e. The Morgan fingerprint density at radius 2 is 2.18 bits per heavy atom. The summed E-state index contributed by atoms with van der Waals surface area (Å²) in [4.78, 5) is 10.2. The SMILES string of the molecule is Nc1ccc(C=O)c(Cl)c1F. The number of halogens is 2. The number of aldehydes is 1. The number of rotatable bonds is 1. The molecule has 0 aromatic heterocycles. The number of nitrogens with two attached hydrogens (primary N) is 1. The second-order valence-corrected chi connectivity index (χ2v) is 2.37. The van der Waals surface area contributed by atoms with E-state index in [9.17, 15) is 9.18 Å². The van der Waals surface area contributed by atoms with Crippen molar-refractivity contribution in [2.45, 2.75) is 0 Å². The van der Waals surface area contributed by atoms with Crippen LogP contribution in [0.5, 0.6) is 0 Å². The van der Waals surface area contributed by atoms with E-state index in [4.69, 9.17) is 17.3 Å². The Kier molecular flexibility index (Phi) is 2.10. The number of carbonyl (C=O) groups is 1. The van der Waals surface area contributed by atoms with Crippen molar-refractivity contribution in [1.29, 1.82) is 0 Å². The molecule has 0 fully saturated rings. The normalized spacial score (nSPS) is 9.64. The molecule has 0 aliphatic rings. The lowest BCUT2D eigenvalue weighted by Gasteiger charge is -1.99. The number of benzene rings is 1. The van der Waals surface area contributed by atoms with Crippen LogP contribution < -0.4 is 5.73 Å². The average Bonchev–Trinajstić information content (AvgIpc) is 2.01. The largest absolute Gasteiger partial charge is 0.396 e. The molecule has 0 amide bonds. The predicted molar refractivity (Wildman–Crippen MR) is 41.2 cm³/mol. The van der Waals surface area contributed by atoms with E-state index in [1.807, 2.05) is 0 Å². The van der Waals surface area contributed by atoms with E-state index in [2.05, 4.69) is 0 Å². The highest BCUT2D eigenvalue weighted by atomic mass is 35.5. The minimum Gasteiger partial charge on any atom is -0.396 e. The third-order valence-corrected chi connectivity index (χ3v) is 1.65. The van der Waals surface area contributed by atoms with Gasteiger partial charge in [-0.05, 0) is 12.1 Å². The van der Waals surface area contributed by atoms with Crippen molar-refractivity contribution >= 4 is 23.6 Å². The Morgan fingerprint density at radius 1 is 1.55 bits per heavy atom. The van der Waals surface area contributed by atoms with Crippen LogP contribution in [0.25, 0.3) is 0 Å². The molecule has 0 unspecified atom stereocenters. The maximum atomic E-state index is 12.8. The summed E-state index contributed by atoms with van der Waals surface area (Å²) in [6, 6.07) is 2.67. The van der Waals surface area contributed by atoms with Gasteiger partial charge in [0.25, 0.3) is 0 Å². The molecule has 58 valence electrons. The fraction of sp³-hybridized carbons (Fsp3) is 0. The number of anilines is 1. The van der Waals surface area contributed by atoms with Crippen LogP contribution in [-0.2, 0) is 0 Å². The van der Waals surface area contributed by atoms with Crippen LogP contribution in [-0.4, -0.2) is 6.29 Å². The van der Waals surface area contributed by atoms with Crippen molar-refractivity contribution in [3.63, 3.8) is 0 Å². The van der Waals surface area contributed by atoms with Gasteiger partial charge in [0.15, 0.2) is 12.1 Å². The van der Waals surface area contributed by atoms with E-state index in [0.29, 0.717) is 6.29 Å². The standard InChI is InChI=1S/C7H5ClFNO/c8-6-4(3-11)1-2-5(10)7(6)9/h1-3H,10H2. The van der Waals surface area contributed by atoms with Crippen LogP contribution in [0.2, 0.25) is 5.02 Å². The van der Waals surface area contributed by atoms with Gasteiger partial charge in [-0.3, -0.25) is 4.79 Å². The first-order chi connectivity index (χ1) is 5.16. The van der Waals surface area contributed by atoms with Gasteiger partial charge in [-0.15, -0.1) is 0 Å². The first kappa shape index (κ1) is 8.01. The molecule has 1 aromatic rings. The second kappa shape index (κ2) is 2.88. The van der Waals surface area contributed by atoms with Crippen molar-refractivity contribution in [2.75, 3.05) is 5.73 Å². The van der Waals surface area contributed by atoms with Gasteiger partial charge in [0.05, 0.1) is 10.7 Å². The summed E-state index contributed by atoms with van der Waals surface area (Å²) in [6.45, 7) is 0. The molecule has 0 bridgehead atoms. The molecule has 0 saturated heterocycles. The molecule has 4 heteroatoms. The van der Waals surface area contributed by atoms with E-state index >= 15 is 0 Å². The number of hydrogen-bond acceptors (Lipinski definition) is 2. The molecule has 0 heterocycles. The Balaban J connectivity index is 3.36. The molecule has 1 rings (SSSR count). The van der Waals surface area contributed by atoms with Crippen LogP contribution >= 0.6 is 11.6 Å². The van der Waals surface area contributed by atoms with Crippen molar-refractivity contribution in [3.8, 4) is 0 Å². The van der Waals surface area contributed by atoms with Gasteiger partial charge in [-0.1, -0.05) is 11.6 Å². The minimum absolute atomic E-state index is 0.0550. The monoisotopic (exact) mass is 173 g/mol. The van der Waals surface area contributed by atoms with Gasteiger partial charge in [0.2, 0.25) is 0 Å². The molecule has 0 radical (unpaired) electrons. The lowest BCUT2D eigenvalue weighted by atomic mass is 10.2. The summed E-state index contributed by atoms with van der Waals surface area (Å²) >= 11 is 5.41. The first-order valence-electron chi connectivity index (χ1n) is 2.85. The van der Waals surface area contributed by atoms with E-state index in [-0.39, 0.29) is 16.3 Å². The molecule has 0 saturated carbocycles. The Hall–Kier alpha value is -1.09. The van der Waals surface area contributed by atoms with E-state index in [1.54, 1.807) is 0 Å². The Labute approximate surface area is 67.8 Å².